The monoisotopic (exact) mass is 348 g/mol. The molecule has 0 aliphatic rings. The summed E-state index contributed by atoms with van der Waals surface area (Å²) in [5.74, 6) is 0.0461. The van der Waals surface area contributed by atoms with Gasteiger partial charge >= 0.3 is 0 Å². The highest BCUT2D eigenvalue weighted by Gasteiger charge is 2.18. The quantitative estimate of drug-likeness (QED) is 0.813. The second-order valence-corrected chi connectivity index (χ2v) is 7.16. The molecule has 1 aromatic heterocycles. The summed E-state index contributed by atoms with van der Waals surface area (Å²) in [6.45, 7) is 1.77. The third-order valence-corrected chi connectivity index (χ3v) is 4.96. The van der Waals surface area contributed by atoms with Crippen LogP contribution in [0.1, 0.15) is 6.92 Å². The number of anilines is 1. The molecule has 0 spiro atoms. The first-order valence-corrected chi connectivity index (χ1v) is 8.69. The van der Waals surface area contributed by atoms with Gasteiger partial charge < -0.3 is 0 Å². The molecular weight excluding hydrogens is 335 g/mol. The molecule has 114 valence electrons. The smallest absolute Gasteiger partial charge is 0.233 e. The Kier molecular flexibility index (Phi) is 5.08. The first-order chi connectivity index (χ1) is 9.91. The van der Waals surface area contributed by atoms with Gasteiger partial charge in [0.1, 0.15) is 12.7 Å². The number of sulfonamides is 1. The predicted molar refractivity (Wildman–Crippen MR) is 83.7 cm³/mol. The molecule has 2 aromatic rings. The summed E-state index contributed by atoms with van der Waals surface area (Å²) in [7, 11) is -3.53. The van der Waals surface area contributed by atoms with Crippen molar-refractivity contribution in [3.8, 4) is 5.69 Å². The highest BCUT2D eigenvalue weighted by molar-refractivity contribution is 7.92. The number of nitrogens with one attached hydrogen (secondary N) is 1. The summed E-state index contributed by atoms with van der Waals surface area (Å²) in [5.41, 5.74) is 0.883. The molecule has 0 fully saturated rings. The van der Waals surface area contributed by atoms with Gasteiger partial charge in [0.15, 0.2) is 0 Å². The fraction of sp³-hybridized carbons (Fsp3) is 0.333. The van der Waals surface area contributed by atoms with Gasteiger partial charge in [0.25, 0.3) is 0 Å². The van der Waals surface area contributed by atoms with E-state index in [1.54, 1.807) is 19.1 Å². The average Bonchev–Trinajstić information content (AvgIpc) is 2.91. The largest absolute Gasteiger partial charge is 0.281 e. The van der Waals surface area contributed by atoms with Crippen molar-refractivity contribution in [3.63, 3.8) is 0 Å². The molecule has 0 saturated heterocycles. The van der Waals surface area contributed by atoms with E-state index in [0.29, 0.717) is 16.4 Å². The van der Waals surface area contributed by atoms with E-state index in [-0.39, 0.29) is 17.6 Å². The summed E-state index contributed by atoms with van der Waals surface area (Å²) in [5, 5.41) is 4.41. The van der Waals surface area contributed by atoms with E-state index in [1.165, 1.54) is 23.4 Å². The Bertz CT molecular complexity index is 704. The SMILES string of the molecule is CC(CCl)CS(=O)(=O)Nc1cc(Cl)ccc1-n1cncn1. The van der Waals surface area contributed by atoms with Crippen LogP contribution < -0.4 is 4.72 Å². The van der Waals surface area contributed by atoms with E-state index >= 15 is 0 Å². The predicted octanol–water partition coefficient (Wildman–Crippen LogP) is 2.54. The van der Waals surface area contributed by atoms with Crippen LogP contribution in [0.2, 0.25) is 5.02 Å². The lowest BCUT2D eigenvalue weighted by atomic mass is 10.3. The van der Waals surface area contributed by atoms with Crippen molar-refractivity contribution in [2.45, 2.75) is 6.92 Å². The van der Waals surface area contributed by atoms with Crippen molar-refractivity contribution < 1.29 is 8.42 Å². The van der Waals surface area contributed by atoms with Crippen molar-refractivity contribution >= 4 is 38.9 Å². The molecule has 1 unspecified atom stereocenters. The second kappa shape index (κ2) is 6.64. The summed E-state index contributed by atoms with van der Waals surface area (Å²) >= 11 is 11.6. The van der Waals surface area contributed by atoms with Crippen molar-refractivity contribution in [1.82, 2.24) is 14.8 Å². The van der Waals surface area contributed by atoms with Crippen LogP contribution in [0.3, 0.4) is 0 Å². The minimum atomic E-state index is -3.53. The lowest BCUT2D eigenvalue weighted by molar-refractivity contribution is 0.588. The number of alkyl halides is 1. The first-order valence-electron chi connectivity index (χ1n) is 6.12. The Morgan fingerprint density at radius 1 is 1.43 bits per heavy atom. The molecule has 0 aliphatic carbocycles. The van der Waals surface area contributed by atoms with Gasteiger partial charge in [0.2, 0.25) is 10.0 Å². The second-order valence-electron chi connectivity index (χ2n) is 4.64. The lowest BCUT2D eigenvalue weighted by Crippen LogP contribution is -2.23. The van der Waals surface area contributed by atoms with Crippen molar-refractivity contribution in [2.75, 3.05) is 16.4 Å². The molecule has 1 N–H and O–H groups in total. The maximum atomic E-state index is 12.1. The lowest BCUT2D eigenvalue weighted by Gasteiger charge is -2.14. The van der Waals surface area contributed by atoms with Gasteiger partial charge in [-0.1, -0.05) is 18.5 Å². The maximum Gasteiger partial charge on any atom is 0.233 e. The third-order valence-electron chi connectivity index (χ3n) is 2.66. The van der Waals surface area contributed by atoms with E-state index in [9.17, 15) is 8.42 Å². The number of nitrogens with zero attached hydrogens (tertiary/aromatic N) is 3. The molecule has 0 bridgehead atoms. The zero-order valence-electron chi connectivity index (χ0n) is 11.2. The maximum absolute atomic E-state index is 12.1. The highest BCUT2D eigenvalue weighted by Crippen LogP contribution is 2.25. The molecule has 0 aliphatic heterocycles. The van der Waals surface area contributed by atoms with E-state index < -0.39 is 10.0 Å². The van der Waals surface area contributed by atoms with Crippen LogP contribution in [0.15, 0.2) is 30.9 Å². The van der Waals surface area contributed by atoms with Crippen LogP contribution in [0, 0.1) is 5.92 Å². The van der Waals surface area contributed by atoms with Gasteiger partial charge in [0.05, 0.1) is 17.1 Å². The minimum Gasteiger partial charge on any atom is -0.281 e. The number of halogens is 2. The third kappa shape index (κ3) is 4.33. The molecule has 21 heavy (non-hydrogen) atoms. The van der Waals surface area contributed by atoms with Crippen LogP contribution in [0.4, 0.5) is 5.69 Å². The summed E-state index contributed by atoms with van der Waals surface area (Å²) < 4.78 is 28.3. The average molecular weight is 349 g/mol. The highest BCUT2D eigenvalue weighted by atomic mass is 35.5. The number of benzene rings is 1. The molecule has 0 saturated carbocycles. The standard InChI is InChI=1S/C12H14Cl2N4O2S/c1-9(5-13)6-21(19,20)17-11-4-10(14)2-3-12(11)18-8-15-7-16-18/h2-4,7-9,17H,5-6H2,1H3. The zero-order chi connectivity index (χ0) is 15.5. The van der Waals surface area contributed by atoms with E-state index in [4.69, 9.17) is 23.2 Å². The Labute approximate surface area is 133 Å². The van der Waals surface area contributed by atoms with Crippen LogP contribution in [-0.2, 0) is 10.0 Å². The fourth-order valence-corrected chi connectivity index (χ4v) is 3.61. The van der Waals surface area contributed by atoms with Gasteiger partial charge in [-0.15, -0.1) is 11.6 Å². The summed E-state index contributed by atoms with van der Waals surface area (Å²) in [4.78, 5) is 3.84. The Morgan fingerprint density at radius 3 is 2.81 bits per heavy atom. The molecule has 0 radical (unpaired) electrons. The van der Waals surface area contributed by atoms with Crippen LogP contribution >= 0.6 is 23.2 Å². The molecule has 0 amide bonds. The molecule has 1 aromatic carbocycles. The van der Waals surface area contributed by atoms with Crippen LogP contribution in [0.25, 0.3) is 5.69 Å². The summed E-state index contributed by atoms with van der Waals surface area (Å²) in [6, 6.07) is 4.85. The van der Waals surface area contributed by atoms with E-state index in [0.717, 1.165) is 0 Å². The number of aromatic nitrogens is 3. The van der Waals surface area contributed by atoms with E-state index in [1.807, 2.05) is 0 Å². The normalized spacial score (nSPS) is 13.1. The van der Waals surface area contributed by atoms with Crippen LogP contribution in [0.5, 0.6) is 0 Å². The van der Waals surface area contributed by atoms with E-state index in [2.05, 4.69) is 14.8 Å². The Balaban J connectivity index is 2.33. The van der Waals surface area contributed by atoms with Gasteiger partial charge in [-0.25, -0.2) is 18.1 Å². The summed E-state index contributed by atoms with van der Waals surface area (Å²) in [6.07, 6.45) is 2.84. The fourth-order valence-electron chi connectivity index (χ4n) is 1.75. The van der Waals surface area contributed by atoms with Crippen molar-refractivity contribution in [3.05, 3.63) is 35.9 Å². The topological polar surface area (TPSA) is 76.9 Å². The number of hydrogen-bond acceptors (Lipinski definition) is 4. The zero-order valence-corrected chi connectivity index (χ0v) is 13.5. The van der Waals surface area contributed by atoms with Crippen molar-refractivity contribution in [1.29, 1.82) is 0 Å². The Hall–Kier alpha value is -1.31. The molecule has 9 heteroatoms. The molecule has 2 rings (SSSR count). The molecule has 1 atom stereocenters. The number of rotatable bonds is 6. The minimum absolute atomic E-state index is 0.0696. The van der Waals surface area contributed by atoms with Gasteiger partial charge in [-0.05, 0) is 24.1 Å². The first kappa shape index (κ1) is 16.1. The van der Waals surface area contributed by atoms with Gasteiger partial charge in [0, 0.05) is 10.9 Å². The Morgan fingerprint density at radius 2 is 2.19 bits per heavy atom. The van der Waals surface area contributed by atoms with Crippen LogP contribution in [-0.4, -0.2) is 34.8 Å². The molecule has 1 heterocycles. The van der Waals surface area contributed by atoms with Gasteiger partial charge in [-0.2, -0.15) is 5.10 Å². The van der Waals surface area contributed by atoms with Crippen molar-refractivity contribution in [2.24, 2.45) is 5.92 Å². The molecule has 6 nitrogen and oxygen atoms in total. The van der Waals surface area contributed by atoms with Gasteiger partial charge in [-0.3, -0.25) is 4.72 Å². The molecular formula is C12H14Cl2N4O2S. The number of hydrogen-bond donors (Lipinski definition) is 1.